The number of aryl methyl sites for hydroxylation is 1. The van der Waals surface area contributed by atoms with Gasteiger partial charge in [0.05, 0.1) is 22.8 Å². The summed E-state index contributed by atoms with van der Waals surface area (Å²) in [4.78, 5) is 24.2. The third-order valence-corrected chi connectivity index (χ3v) is 4.29. The van der Waals surface area contributed by atoms with Crippen LogP contribution < -0.4 is 10.9 Å². The summed E-state index contributed by atoms with van der Waals surface area (Å²) >= 11 is 3.30. The van der Waals surface area contributed by atoms with E-state index in [2.05, 4.69) is 26.3 Å². The second-order valence-corrected chi connectivity index (χ2v) is 6.57. The molecule has 0 saturated carbocycles. The van der Waals surface area contributed by atoms with E-state index in [-0.39, 0.29) is 18.0 Å². The van der Waals surface area contributed by atoms with Gasteiger partial charge < -0.3 is 9.88 Å². The Kier molecular flexibility index (Phi) is 4.85. The fourth-order valence-electron chi connectivity index (χ4n) is 2.60. The lowest BCUT2D eigenvalue weighted by Gasteiger charge is -2.09. The normalized spacial score (nSPS) is 10.7. The van der Waals surface area contributed by atoms with E-state index in [0.29, 0.717) is 5.69 Å². The number of nitrogens with one attached hydrogen (secondary N) is 1. The molecule has 0 spiro atoms. The van der Waals surface area contributed by atoms with Gasteiger partial charge in [-0.25, -0.2) is 4.68 Å². The van der Waals surface area contributed by atoms with Gasteiger partial charge in [0.1, 0.15) is 6.54 Å². The maximum atomic E-state index is 12.4. The summed E-state index contributed by atoms with van der Waals surface area (Å²) in [6, 6.07) is 12.8. The van der Waals surface area contributed by atoms with Crippen LogP contribution in [0.3, 0.4) is 0 Å². The highest BCUT2D eigenvalue weighted by atomic mass is 79.9. The van der Waals surface area contributed by atoms with Crippen molar-refractivity contribution in [1.29, 1.82) is 0 Å². The molecule has 0 radical (unpaired) electrons. The summed E-state index contributed by atoms with van der Waals surface area (Å²) < 4.78 is 3.88. The van der Waals surface area contributed by atoms with Gasteiger partial charge in [0.2, 0.25) is 5.91 Å². The van der Waals surface area contributed by atoms with Gasteiger partial charge in [-0.05, 0) is 48.0 Å². The molecule has 128 valence electrons. The van der Waals surface area contributed by atoms with E-state index < -0.39 is 0 Å². The smallest absolute Gasteiger partial charge is 0.251 e. The lowest BCUT2D eigenvalue weighted by atomic mass is 10.3. The molecule has 0 aliphatic heterocycles. The van der Waals surface area contributed by atoms with Crippen LogP contribution in [0.25, 0.3) is 5.69 Å². The Hall–Kier alpha value is -2.67. The second-order valence-electron chi connectivity index (χ2n) is 5.65. The van der Waals surface area contributed by atoms with Crippen LogP contribution >= 0.6 is 15.9 Å². The van der Waals surface area contributed by atoms with Crippen molar-refractivity contribution in [3.8, 4) is 5.69 Å². The highest BCUT2D eigenvalue weighted by Gasteiger charge is 2.15. The van der Waals surface area contributed by atoms with Crippen LogP contribution in [0.2, 0.25) is 0 Å². The molecule has 1 amide bonds. The number of para-hydroxylation sites is 1. The van der Waals surface area contributed by atoms with Crippen molar-refractivity contribution in [1.82, 2.24) is 14.3 Å². The van der Waals surface area contributed by atoms with Crippen molar-refractivity contribution in [3.05, 3.63) is 74.9 Å². The number of anilines is 1. The topological polar surface area (TPSA) is 68.9 Å². The zero-order valence-electron chi connectivity index (χ0n) is 13.9. The van der Waals surface area contributed by atoms with Crippen LogP contribution in [0.4, 0.5) is 5.69 Å². The Bertz CT molecular complexity index is 976. The van der Waals surface area contributed by atoms with Crippen molar-refractivity contribution in [2.24, 2.45) is 0 Å². The van der Waals surface area contributed by atoms with Crippen LogP contribution in [0.15, 0.2) is 57.9 Å². The van der Waals surface area contributed by atoms with Gasteiger partial charge in [0, 0.05) is 16.7 Å². The predicted octanol–water partition coefficient (Wildman–Crippen LogP) is 3.05. The number of hydrogen-bond acceptors (Lipinski definition) is 3. The van der Waals surface area contributed by atoms with Gasteiger partial charge in [0.15, 0.2) is 0 Å². The fraction of sp³-hybridized carbons (Fsp3) is 0.167. The van der Waals surface area contributed by atoms with E-state index >= 15 is 0 Å². The molecule has 25 heavy (non-hydrogen) atoms. The largest absolute Gasteiger partial charge is 0.321 e. The number of aromatic nitrogens is 3. The van der Waals surface area contributed by atoms with Gasteiger partial charge in [0.25, 0.3) is 5.56 Å². The molecule has 3 rings (SSSR count). The Morgan fingerprint density at radius 3 is 2.60 bits per heavy atom. The van der Waals surface area contributed by atoms with Crippen LogP contribution in [0, 0.1) is 13.8 Å². The first-order valence-corrected chi connectivity index (χ1v) is 8.52. The second kappa shape index (κ2) is 7.06. The molecule has 0 bridgehead atoms. The molecule has 1 aromatic carbocycles. The first-order chi connectivity index (χ1) is 12.0. The summed E-state index contributed by atoms with van der Waals surface area (Å²) in [6.07, 6.45) is 1.59. The maximum absolute atomic E-state index is 12.4. The first-order valence-electron chi connectivity index (χ1n) is 7.73. The molecule has 2 heterocycles. The SMILES string of the molecule is Cc1nn(-c2ccccc2)c(C)c1NC(=O)Cn1cc(Br)ccc1=O. The van der Waals surface area contributed by atoms with E-state index in [1.165, 1.54) is 10.6 Å². The third kappa shape index (κ3) is 3.71. The lowest BCUT2D eigenvalue weighted by Crippen LogP contribution is -2.27. The number of carbonyl (C=O) groups is 1. The van der Waals surface area contributed by atoms with Gasteiger partial charge >= 0.3 is 0 Å². The first kappa shape index (κ1) is 17.2. The number of amides is 1. The Morgan fingerprint density at radius 1 is 1.16 bits per heavy atom. The molecular formula is C18H17BrN4O2. The van der Waals surface area contributed by atoms with Gasteiger partial charge in [-0.3, -0.25) is 9.59 Å². The Labute approximate surface area is 153 Å². The Morgan fingerprint density at radius 2 is 1.88 bits per heavy atom. The van der Waals surface area contributed by atoms with Crippen molar-refractivity contribution in [2.45, 2.75) is 20.4 Å². The lowest BCUT2D eigenvalue weighted by molar-refractivity contribution is -0.116. The van der Waals surface area contributed by atoms with Crippen molar-refractivity contribution < 1.29 is 4.79 Å². The molecule has 3 aromatic rings. The Balaban J connectivity index is 1.83. The molecule has 1 N–H and O–H groups in total. The summed E-state index contributed by atoms with van der Waals surface area (Å²) in [5.41, 5.74) is 2.91. The molecule has 0 aliphatic carbocycles. The van der Waals surface area contributed by atoms with Gasteiger partial charge in [-0.2, -0.15) is 5.10 Å². The number of benzene rings is 1. The van der Waals surface area contributed by atoms with Gasteiger partial charge in [-0.1, -0.05) is 18.2 Å². The van der Waals surface area contributed by atoms with Crippen LogP contribution in [0.5, 0.6) is 0 Å². The molecule has 0 fully saturated rings. The molecule has 0 saturated heterocycles. The average molecular weight is 401 g/mol. The summed E-state index contributed by atoms with van der Waals surface area (Å²) in [6.45, 7) is 3.68. The number of pyridine rings is 1. The molecule has 0 unspecified atom stereocenters. The van der Waals surface area contributed by atoms with Crippen molar-refractivity contribution >= 4 is 27.5 Å². The van der Waals surface area contributed by atoms with E-state index in [1.807, 2.05) is 44.2 Å². The van der Waals surface area contributed by atoms with Crippen LogP contribution in [-0.2, 0) is 11.3 Å². The third-order valence-electron chi connectivity index (χ3n) is 3.82. The van der Waals surface area contributed by atoms with E-state index in [4.69, 9.17) is 0 Å². The number of carbonyl (C=O) groups excluding carboxylic acids is 1. The molecule has 0 aliphatic rings. The van der Waals surface area contributed by atoms with Crippen molar-refractivity contribution in [2.75, 3.05) is 5.32 Å². The zero-order chi connectivity index (χ0) is 18.0. The molecule has 6 nitrogen and oxygen atoms in total. The standard InChI is InChI=1S/C18H17BrN4O2/c1-12-18(13(2)23(21-12)15-6-4-3-5-7-15)20-16(24)11-22-10-14(19)8-9-17(22)25/h3-10H,11H2,1-2H3,(H,20,24). The number of rotatable bonds is 4. The fourth-order valence-corrected chi connectivity index (χ4v) is 2.98. The molecule has 2 aromatic heterocycles. The molecule has 7 heteroatoms. The van der Waals surface area contributed by atoms with E-state index in [9.17, 15) is 9.59 Å². The van der Waals surface area contributed by atoms with E-state index in [0.717, 1.165) is 21.5 Å². The summed E-state index contributed by atoms with van der Waals surface area (Å²) in [5, 5.41) is 7.36. The minimum absolute atomic E-state index is 0.0618. The van der Waals surface area contributed by atoms with Crippen LogP contribution in [-0.4, -0.2) is 20.3 Å². The minimum Gasteiger partial charge on any atom is -0.321 e. The number of hydrogen-bond donors (Lipinski definition) is 1. The average Bonchev–Trinajstić information content (AvgIpc) is 2.87. The van der Waals surface area contributed by atoms with E-state index in [1.54, 1.807) is 16.9 Å². The highest BCUT2D eigenvalue weighted by molar-refractivity contribution is 9.10. The highest BCUT2D eigenvalue weighted by Crippen LogP contribution is 2.22. The zero-order valence-corrected chi connectivity index (χ0v) is 15.4. The predicted molar refractivity (Wildman–Crippen MR) is 100 cm³/mol. The summed E-state index contributed by atoms with van der Waals surface area (Å²) in [7, 11) is 0. The molecular weight excluding hydrogens is 384 g/mol. The van der Waals surface area contributed by atoms with Crippen LogP contribution in [0.1, 0.15) is 11.4 Å². The quantitative estimate of drug-likeness (QED) is 0.731. The molecule has 0 atom stereocenters. The van der Waals surface area contributed by atoms with Gasteiger partial charge in [-0.15, -0.1) is 0 Å². The number of halogens is 1. The monoisotopic (exact) mass is 400 g/mol. The number of nitrogens with zero attached hydrogens (tertiary/aromatic N) is 3. The summed E-state index contributed by atoms with van der Waals surface area (Å²) in [5.74, 6) is -0.279. The minimum atomic E-state index is -0.279. The maximum Gasteiger partial charge on any atom is 0.251 e. The van der Waals surface area contributed by atoms with Crippen molar-refractivity contribution in [3.63, 3.8) is 0 Å².